The lowest BCUT2D eigenvalue weighted by Gasteiger charge is -2.12. The third kappa shape index (κ3) is 3.79. The van der Waals surface area contributed by atoms with Crippen LogP contribution in [-0.4, -0.2) is 17.8 Å². The van der Waals surface area contributed by atoms with E-state index in [1.807, 2.05) is 31.2 Å². The van der Waals surface area contributed by atoms with Gasteiger partial charge in [0, 0.05) is 17.5 Å². The molecule has 1 rings (SSSR count). The maximum Gasteiger partial charge on any atom is 0.119 e. The summed E-state index contributed by atoms with van der Waals surface area (Å²) in [6, 6.07) is 7.66. The van der Waals surface area contributed by atoms with Gasteiger partial charge in [-0.3, -0.25) is 0 Å². The molecule has 2 nitrogen and oxygen atoms in total. The van der Waals surface area contributed by atoms with Crippen LogP contribution < -0.4 is 4.74 Å². The van der Waals surface area contributed by atoms with Crippen LogP contribution in [0.2, 0.25) is 0 Å². The second-order valence-corrected chi connectivity index (χ2v) is 3.81. The highest BCUT2D eigenvalue weighted by Crippen LogP contribution is 2.17. The van der Waals surface area contributed by atoms with Crippen molar-refractivity contribution in [1.82, 2.24) is 0 Å². The Morgan fingerprint density at radius 1 is 1.38 bits per heavy atom. The number of hydrogen-bond donors (Lipinski definition) is 1. The molecule has 0 aromatic heterocycles. The van der Waals surface area contributed by atoms with Crippen molar-refractivity contribution in [2.45, 2.75) is 19.4 Å². The van der Waals surface area contributed by atoms with Crippen molar-refractivity contribution in [2.24, 2.45) is 0 Å². The van der Waals surface area contributed by atoms with Crippen LogP contribution in [0.15, 0.2) is 28.7 Å². The number of benzene rings is 1. The van der Waals surface area contributed by atoms with E-state index < -0.39 is 0 Å². The minimum Gasteiger partial charge on any atom is -0.491 e. The fourth-order valence-corrected chi connectivity index (χ4v) is 1.25. The van der Waals surface area contributed by atoms with Gasteiger partial charge >= 0.3 is 0 Å². The number of ether oxygens (including phenoxy) is 1. The van der Waals surface area contributed by atoms with E-state index in [0.29, 0.717) is 6.42 Å². The van der Waals surface area contributed by atoms with Gasteiger partial charge in [0.05, 0.1) is 6.10 Å². The molecule has 0 heterocycles. The molecule has 0 aliphatic carbocycles. The van der Waals surface area contributed by atoms with Gasteiger partial charge in [-0.15, -0.1) is 0 Å². The van der Waals surface area contributed by atoms with Crippen molar-refractivity contribution in [3.05, 3.63) is 28.7 Å². The number of hydrogen-bond acceptors (Lipinski definition) is 2. The van der Waals surface area contributed by atoms with Crippen molar-refractivity contribution in [3.8, 4) is 5.75 Å². The molecular formula is C10H13BrO2. The van der Waals surface area contributed by atoms with Crippen LogP contribution >= 0.6 is 15.9 Å². The van der Waals surface area contributed by atoms with Crippen molar-refractivity contribution in [1.29, 1.82) is 0 Å². The van der Waals surface area contributed by atoms with E-state index in [4.69, 9.17) is 9.84 Å². The van der Waals surface area contributed by atoms with Gasteiger partial charge in [0.15, 0.2) is 0 Å². The first-order chi connectivity index (χ1) is 6.22. The van der Waals surface area contributed by atoms with Crippen LogP contribution in [0.1, 0.15) is 13.3 Å². The molecule has 0 radical (unpaired) electrons. The molecule has 0 saturated heterocycles. The fraction of sp³-hybridized carbons (Fsp3) is 0.400. The molecule has 1 unspecified atom stereocenters. The Kier molecular flexibility index (Phi) is 4.25. The Hall–Kier alpha value is -0.540. The van der Waals surface area contributed by atoms with Crippen LogP contribution in [-0.2, 0) is 0 Å². The summed E-state index contributed by atoms with van der Waals surface area (Å²) >= 11 is 3.35. The van der Waals surface area contributed by atoms with Gasteiger partial charge in [-0.2, -0.15) is 0 Å². The number of rotatable bonds is 4. The summed E-state index contributed by atoms with van der Waals surface area (Å²) in [6.45, 7) is 2.11. The zero-order valence-corrected chi connectivity index (χ0v) is 9.12. The third-order valence-corrected chi connectivity index (χ3v) is 2.22. The molecule has 0 spiro atoms. The van der Waals surface area contributed by atoms with Gasteiger partial charge in [0.25, 0.3) is 0 Å². The molecule has 0 bridgehead atoms. The van der Waals surface area contributed by atoms with E-state index in [9.17, 15) is 0 Å². The predicted molar refractivity (Wildman–Crippen MR) is 55.9 cm³/mol. The second kappa shape index (κ2) is 5.25. The first kappa shape index (κ1) is 10.5. The van der Waals surface area contributed by atoms with Crippen LogP contribution in [0.25, 0.3) is 0 Å². The summed E-state index contributed by atoms with van der Waals surface area (Å²) in [7, 11) is 0. The summed E-state index contributed by atoms with van der Waals surface area (Å²) in [6.07, 6.45) is 0.724. The minimum absolute atomic E-state index is 0.0613. The fourth-order valence-electron chi connectivity index (χ4n) is 0.986. The van der Waals surface area contributed by atoms with E-state index in [-0.39, 0.29) is 12.7 Å². The van der Waals surface area contributed by atoms with Gasteiger partial charge < -0.3 is 9.84 Å². The van der Waals surface area contributed by atoms with Crippen molar-refractivity contribution < 1.29 is 9.84 Å². The zero-order valence-electron chi connectivity index (χ0n) is 7.53. The van der Waals surface area contributed by atoms with E-state index in [2.05, 4.69) is 15.9 Å². The van der Waals surface area contributed by atoms with E-state index in [1.165, 1.54) is 0 Å². The summed E-state index contributed by atoms with van der Waals surface area (Å²) in [5.74, 6) is 0.837. The zero-order chi connectivity index (χ0) is 9.68. The molecule has 1 aromatic carbocycles. The highest BCUT2D eigenvalue weighted by atomic mass is 79.9. The molecule has 72 valence electrons. The Balaban J connectivity index is 2.49. The normalized spacial score (nSPS) is 12.5. The Morgan fingerprint density at radius 2 is 2.00 bits per heavy atom. The molecule has 0 fully saturated rings. The van der Waals surface area contributed by atoms with Crippen LogP contribution in [0.3, 0.4) is 0 Å². The quantitative estimate of drug-likeness (QED) is 0.883. The molecule has 0 aliphatic heterocycles. The monoisotopic (exact) mass is 244 g/mol. The molecule has 1 N–H and O–H groups in total. The molecule has 13 heavy (non-hydrogen) atoms. The molecule has 1 atom stereocenters. The third-order valence-electron chi connectivity index (χ3n) is 1.69. The van der Waals surface area contributed by atoms with E-state index in [1.54, 1.807) is 0 Å². The Labute approximate surface area is 86.7 Å². The number of aliphatic hydroxyl groups excluding tert-OH is 1. The topological polar surface area (TPSA) is 29.5 Å². The maximum absolute atomic E-state index is 8.67. The van der Waals surface area contributed by atoms with Crippen molar-refractivity contribution in [2.75, 3.05) is 6.61 Å². The highest BCUT2D eigenvalue weighted by Gasteiger charge is 2.02. The van der Waals surface area contributed by atoms with Crippen LogP contribution in [0.5, 0.6) is 5.75 Å². The van der Waals surface area contributed by atoms with Gasteiger partial charge in [0.1, 0.15) is 5.75 Å². The molecule has 0 aliphatic rings. The Morgan fingerprint density at radius 3 is 2.54 bits per heavy atom. The molecule has 0 amide bonds. The standard InChI is InChI=1S/C10H13BrO2/c1-8(6-7-12)13-10-4-2-9(11)3-5-10/h2-5,8,12H,6-7H2,1H3. The largest absolute Gasteiger partial charge is 0.491 e. The lowest BCUT2D eigenvalue weighted by atomic mass is 10.3. The first-order valence-electron chi connectivity index (χ1n) is 4.25. The van der Waals surface area contributed by atoms with Gasteiger partial charge in [0.2, 0.25) is 0 Å². The Bertz CT molecular complexity index is 246. The second-order valence-electron chi connectivity index (χ2n) is 2.89. The molecule has 0 saturated carbocycles. The number of halogens is 1. The van der Waals surface area contributed by atoms with Crippen LogP contribution in [0.4, 0.5) is 0 Å². The van der Waals surface area contributed by atoms with Crippen molar-refractivity contribution in [3.63, 3.8) is 0 Å². The summed E-state index contributed by atoms with van der Waals surface area (Å²) < 4.78 is 6.57. The highest BCUT2D eigenvalue weighted by molar-refractivity contribution is 9.10. The van der Waals surface area contributed by atoms with Gasteiger partial charge in [-0.05, 0) is 31.2 Å². The molecule has 1 aromatic rings. The lowest BCUT2D eigenvalue weighted by molar-refractivity contribution is 0.169. The lowest BCUT2D eigenvalue weighted by Crippen LogP contribution is -2.13. The summed E-state index contributed by atoms with van der Waals surface area (Å²) in [4.78, 5) is 0. The SMILES string of the molecule is CC(CCO)Oc1ccc(Br)cc1. The van der Waals surface area contributed by atoms with Crippen molar-refractivity contribution >= 4 is 15.9 Å². The molecule has 3 heteroatoms. The average molecular weight is 245 g/mol. The van der Waals surface area contributed by atoms with Gasteiger partial charge in [-0.1, -0.05) is 15.9 Å². The first-order valence-corrected chi connectivity index (χ1v) is 5.05. The summed E-state index contributed by atoms with van der Waals surface area (Å²) in [5.41, 5.74) is 0. The maximum atomic E-state index is 8.67. The van der Waals surface area contributed by atoms with E-state index in [0.717, 1.165) is 10.2 Å². The van der Waals surface area contributed by atoms with E-state index >= 15 is 0 Å². The average Bonchev–Trinajstić information content (AvgIpc) is 2.09. The summed E-state index contributed by atoms with van der Waals surface area (Å²) in [5, 5.41) is 8.67. The molecular weight excluding hydrogens is 232 g/mol. The smallest absolute Gasteiger partial charge is 0.119 e. The number of aliphatic hydroxyl groups is 1. The van der Waals surface area contributed by atoms with Gasteiger partial charge in [-0.25, -0.2) is 0 Å². The van der Waals surface area contributed by atoms with Crippen LogP contribution in [0, 0.1) is 0 Å². The minimum atomic E-state index is 0.0613. The predicted octanol–water partition coefficient (Wildman–Crippen LogP) is 2.60.